The third-order valence-corrected chi connectivity index (χ3v) is 6.26. The Hall–Kier alpha value is -0.975. The summed E-state index contributed by atoms with van der Waals surface area (Å²) in [6.07, 6.45) is -4.36. The molecule has 2 N–H and O–H groups in total. The normalized spacial score (nSPS) is 12.3. The molecule has 0 fully saturated rings. The van der Waals surface area contributed by atoms with Gasteiger partial charge in [-0.15, -0.1) is 13.2 Å². The van der Waals surface area contributed by atoms with Gasteiger partial charge in [0.15, 0.2) is 0 Å². The van der Waals surface area contributed by atoms with E-state index >= 15 is 0 Å². The largest absolute Gasteiger partial charge is 0.573 e. The van der Waals surface area contributed by atoms with Gasteiger partial charge < -0.3 is 19.3 Å². The van der Waals surface area contributed by atoms with Crippen LogP contribution in [0, 0.1) is 0 Å². The summed E-state index contributed by atoms with van der Waals surface area (Å²) in [5.41, 5.74) is -0.426. The topological polar surface area (TPSA) is 66.8 Å². The van der Waals surface area contributed by atoms with Crippen LogP contribution in [0.4, 0.5) is 13.2 Å². The van der Waals surface area contributed by atoms with Gasteiger partial charge in [0.25, 0.3) is 0 Å². The summed E-state index contributed by atoms with van der Waals surface area (Å²) in [4.78, 5) is 0. The molecule has 112 valence electrons. The lowest BCUT2D eigenvalue weighted by molar-refractivity contribution is -0.274. The van der Waals surface area contributed by atoms with Gasteiger partial charge in [-0.3, -0.25) is 0 Å². The number of rotatable bonds is 5. The van der Waals surface area contributed by atoms with Crippen LogP contribution < -0.4 is 15.5 Å². The maximum Gasteiger partial charge on any atom is 0.573 e. The Morgan fingerprint density at radius 2 is 1.80 bits per heavy atom. The van der Waals surface area contributed by atoms with Crippen molar-refractivity contribution in [3.05, 3.63) is 18.2 Å². The molecule has 0 atom stereocenters. The van der Waals surface area contributed by atoms with Crippen molar-refractivity contribution in [3.8, 4) is 5.75 Å². The third kappa shape index (κ3) is 4.01. The van der Waals surface area contributed by atoms with E-state index in [9.17, 15) is 17.7 Å². The van der Waals surface area contributed by atoms with Crippen LogP contribution >= 0.6 is 7.14 Å². The summed E-state index contributed by atoms with van der Waals surface area (Å²) in [6.45, 7) is 3.37. The Balaban J connectivity index is 3.34. The van der Waals surface area contributed by atoms with Gasteiger partial charge >= 0.3 is 13.5 Å². The van der Waals surface area contributed by atoms with Gasteiger partial charge in [-0.25, -0.2) is 0 Å². The van der Waals surface area contributed by atoms with Crippen molar-refractivity contribution in [1.82, 2.24) is 0 Å². The quantitative estimate of drug-likeness (QED) is 0.635. The van der Waals surface area contributed by atoms with E-state index < -0.39 is 31.8 Å². The number of hydrogen-bond donors (Lipinski definition) is 2. The summed E-state index contributed by atoms with van der Waals surface area (Å²) in [7, 11) is -4.89. The molecule has 0 spiro atoms. The van der Waals surface area contributed by atoms with Crippen LogP contribution in [-0.4, -0.2) is 35.9 Å². The highest BCUT2D eigenvalue weighted by molar-refractivity contribution is 7.71. The smallest absolute Gasteiger partial charge is 0.423 e. The van der Waals surface area contributed by atoms with Gasteiger partial charge in [0.1, 0.15) is 12.9 Å². The van der Waals surface area contributed by atoms with Gasteiger partial charge in [0.05, 0.1) is 0 Å². The zero-order valence-corrected chi connectivity index (χ0v) is 11.9. The first-order valence-electron chi connectivity index (χ1n) is 5.97. The molecule has 0 aliphatic rings. The Kier molecular flexibility index (Phi) is 5.30. The van der Waals surface area contributed by atoms with Gasteiger partial charge in [-0.2, -0.15) is 0 Å². The molecule has 0 radical (unpaired) electrons. The molecule has 0 unspecified atom stereocenters. The van der Waals surface area contributed by atoms with Crippen molar-refractivity contribution >= 4 is 25.0 Å². The van der Waals surface area contributed by atoms with E-state index in [0.717, 1.165) is 12.1 Å². The molecular weight excluding hydrogens is 295 g/mol. The predicted molar refractivity (Wildman–Crippen MR) is 71.3 cm³/mol. The van der Waals surface area contributed by atoms with E-state index in [-0.39, 0.29) is 5.30 Å². The summed E-state index contributed by atoms with van der Waals surface area (Å²) in [5, 5.41) is 18.3. The number of halogens is 3. The fourth-order valence-electron chi connectivity index (χ4n) is 1.79. The molecule has 20 heavy (non-hydrogen) atoms. The van der Waals surface area contributed by atoms with Crippen molar-refractivity contribution in [1.29, 1.82) is 0 Å². The molecule has 1 rings (SSSR count). The Morgan fingerprint density at radius 1 is 1.25 bits per heavy atom. The van der Waals surface area contributed by atoms with Gasteiger partial charge in [0, 0.05) is 23.1 Å². The predicted octanol–water partition coefficient (Wildman–Crippen LogP) is 1.29. The van der Waals surface area contributed by atoms with E-state index in [1.165, 1.54) is 6.07 Å². The molecule has 0 aromatic heterocycles. The molecule has 1 aromatic rings. The lowest BCUT2D eigenvalue weighted by Crippen LogP contribution is -2.35. The van der Waals surface area contributed by atoms with Gasteiger partial charge in [0.2, 0.25) is 0 Å². The van der Waals surface area contributed by atoms with Crippen molar-refractivity contribution in [3.63, 3.8) is 0 Å². The van der Waals surface area contributed by atoms with Crippen molar-refractivity contribution < 1.29 is 32.5 Å². The standard InChI is InChI=1S/C11H15BF3O4P/c1-3-20(18,4-2)8-5-6-9(12(16)17)10(7-8)19-11(13,14)15/h5-7,16-17H,3-4H2,1-2H3. The molecule has 1 aromatic carbocycles. The van der Waals surface area contributed by atoms with E-state index in [2.05, 4.69) is 4.74 Å². The minimum absolute atomic E-state index is 0.228. The maximum atomic E-state index is 12.5. The lowest BCUT2D eigenvalue weighted by Gasteiger charge is -2.18. The van der Waals surface area contributed by atoms with E-state index in [0.29, 0.717) is 12.3 Å². The molecule has 0 saturated heterocycles. The molecule has 0 aliphatic heterocycles. The lowest BCUT2D eigenvalue weighted by atomic mass is 9.79. The zero-order valence-electron chi connectivity index (χ0n) is 11.0. The van der Waals surface area contributed by atoms with Crippen LogP contribution in [0.3, 0.4) is 0 Å². The molecule has 0 aliphatic carbocycles. The molecular formula is C11H15BF3O4P. The van der Waals surface area contributed by atoms with Crippen molar-refractivity contribution in [2.24, 2.45) is 0 Å². The Morgan fingerprint density at radius 3 is 2.20 bits per heavy atom. The fraction of sp³-hybridized carbons (Fsp3) is 0.455. The van der Waals surface area contributed by atoms with Crippen molar-refractivity contribution in [2.75, 3.05) is 12.3 Å². The summed E-state index contributed by atoms with van der Waals surface area (Å²) < 4.78 is 53.2. The second kappa shape index (κ2) is 6.20. The average molecular weight is 310 g/mol. The highest BCUT2D eigenvalue weighted by Gasteiger charge is 2.34. The first kappa shape index (κ1) is 17.1. The van der Waals surface area contributed by atoms with Crippen LogP contribution in [-0.2, 0) is 4.57 Å². The maximum absolute atomic E-state index is 12.5. The SMILES string of the molecule is CCP(=O)(CC)c1ccc(B(O)O)c(OC(F)(F)F)c1. The van der Waals surface area contributed by atoms with Crippen LogP contribution in [0.25, 0.3) is 0 Å². The Bertz CT molecular complexity index is 511. The number of ether oxygens (including phenoxy) is 1. The van der Waals surface area contributed by atoms with Crippen LogP contribution in [0.5, 0.6) is 5.75 Å². The van der Waals surface area contributed by atoms with E-state index in [1.54, 1.807) is 13.8 Å². The molecule has 9 heteroatoms. The molecule has 0 amide bonds. The first-order valence-corrected chi connectivity index (χ1v) is 8.05. The fourth-order valence-corrected chi connectivity index (χ4v) is 3.67. The van der Waals surface area contributed by atoms with Crippen LogP contribution in [0.15, 0.2) is 18.2 Å². The molecule has 0 bridgehead atoms. The average Bonchev–Trinajstić information content (AvgIpc) is 2.35. The number of benzene rings is 1. The van der Waals surface area contributed by atoms with Crippen LogP contribution in [0.2, 0.25) is 0 Å². The highest BCUT2D eigenvalue weighted by Crippen LogP contribution is 2.43. The van der Waals surface area contributed by atoms with Crippen LogP contribution in [0.1, 0.15) is 13.8 Å². The van der Waals surface area contributed by atoms with Gasteiger partial charge in [-0.05, 0) is 6.07 Å². The van der Waals surface area contributed by atoms with E-state index in [1.807, 2.05) is 0 Å². The first-order chi connectivity index (χ1) is 9.13. The minimum atomic E-state index is -4.97. The minimum Gasteiger partial charge on any atom is -0.423 e. The highest BCUT2D eigenvalue weighted by atomic mass is 31.2. The van der Waals surface area contributed by atoms with Gasteiger partial charge in [-0.1, -0.05) is 26.0 Å². The Labute approximate surface area is 115 Å². The summed E-state index contributed by atoms with van der Waals surface area (Å²) in [5.74, 6) is -0.743. The second-order valence-electron chi connectivity index (χ2n) is 4.17. The zero-order chi connectivity index (χ0) is 15.6. The number of hydrogen-bond acceptors (Lipinski definition) is 4. The summed E-state index contributed by atoms with van der Waals surface area (Å²) >= 11 is 0. The van der Waals surface area contributed by atoms with Crippen molar-refractivity contribution in [2.45, 2.75) is 20.2 Å². The monoisotopic (exact) mass is 310 g/mol. The molecule has 4 nitrogen and oxygen atoms in total. The second-order valence-corrected chi connectivity index (χ2v) is 7.73. The third-order valence-electron chi connectivity index (χ3n) is 2.99. The molecule has 0 heterocycles. The summed E-state index contributed by atoms with van der Waals surface area (Å²) in [6, 6.07) is 3.39. The molecule has 0 saturated carbocycles. The van der Waals surface area contributed by atoms with E-state index in [4.69, 9.17) is 10.0 Å². The number of alkyl halides is 3.